The van der Waals surface area contributed by atoms with Crippen LogP contribution in [0.15, 0.2) is 23.1 Å². The van der Waals surface area contributed by atoms with E-state index in [4.69, 9.17) is 0 Å². The lowest BCUT2D eigenvalue weighted by Gasteiger charge is -2.04. The van der Waals surface area contributed by atoms with E-state index < -0.39 is 12.4 Å². The summed E-state index contributed by atoms with van der Waals surface area (Å²) >= 11 is 3.69. The molecule has 0 saturated carbocycles. The van der Waals surface area contributed by atoms with Crippen LogP contribution in [0.3, 0.4) is 0 Å². The fraction of sp³-hybridized carbons (Fsp3) is 0.143. The van der Waals surface area contributed by atoms with Crippen molar-refractivity contribution < 1.29 is 17.9 Å². The van der Waals surface area contributed by atoms with Gasteiger partial charge in [-0.25, -0.2) is 4.39 Å². The summed E-state index contributed by atoms with van der Waals surface area (Å²) in [6, 6.07) is 3.21. The molecule has 0 heterocycles. The minimum absolute atomic E-state index is 0.0202. The molecule has 0 aliphatic carbocycles. The molecule has 1 nitrogen and oxygen atoms in total. The van der Waals surface area contributed by atoms with Crippen LogP contribution in [0, 0.1) is 5.82 Å². The number of benzene rings is 1. The van der Waals surface area contributed by atoms with E-state index in [0.29, 0.717) is 0 Å². The molecule has 12 heavy (non-hydrogen) atoms. The molecule has 1 aromatic carbocycles. The highest BCUT2D eigenvalue weighted by Gasteiger charge is 2.05. The van der Waals surface area contributed by atoms with Crippen LogP contribution in [0.25, 0.3) is 0 Å². The predicted octanol–water partition coefficient (Wildman–Crippen LogP) is 2.72. The topological polar surface area (TPSA) is 9.23 Å². The van der Waals surface area contributed by atoms with Gasteiger partial charge in [-0.05, 0) is 18.2 Å². The molecule has 0 saturated heterocycles. The van der Waals surface area contributed by atoms with E-state index in [-0.39, 0.29) is 10.6 Å². The Morgan fingerprint density at radius 3 is 2.50 bits per heavy atom. The van der Waals surface area contributed by atoms with E-state index in [1.54, 1.807) is 0 Å². The number of hydrogen-bond acceptors (Lipinski definition) is 2. The molecular weight excluding hydrogens is 189 g/mol. The number of ether oxygens (including phenoxy) is 1. The second-order valence-corrected chi connectivity index (χ2v) is 2.47. The number of hydrogen-bond donors (Lipinski definition) is 1. The van der Waals surface area contributed by atoms with Gasteiger partial charge in [0.2, 0.25) is 0 Å². The maximum Gasteiger partial charge on any atom is 0.387 e. The predicted molar refractivity (Wildman–Crippen MR) is 40.3 cm³/mol. The van der Waals surface area contributed by atoms with Crippen molar-refractivity contribution in [1.82, 2.24) is 0 Å². The summed E-state index contributed by atoms with van der Waals surface area (Å²) in [5.41, 5.74) is 0. The van der Waals surface area contributed by atoms with Crippen molar-refractivity contribution in [1.29, 1.82) is 0 Å². The zero-order valence-electron chi connectivity index (χ0n) is 5.80. The Labute approximate surface area is 72.6 Å². The van der Waals surface area contributed by atoms with Gasteiger partial charge in [-0.2, -0.15) is 8.78 Å². The Morgan fingerprint density at radius 1 is 1.33 bits per heavy atom. The Hall–Kier alpha value is -0.840. The lowest BCUT2D eigenvalue weighted by molar-refractivity contribution is -0.0500. The smallest absolute Gasteiger partial charge is 0.387 e. The van der Waals surface area contributed by atoms with Crippen molar-refractivity contribution in [2.45, 2.75) is 11.5 Å². The Kier molecular flexibility index (Phi) is 2.86. The summed E-state index contributed by atoms with van der Waals surface area (Å²) in [6.45, 7) is -2.90. The summed E-state index contributed by atoms with van der Waals surface area (Å²) in [5.74, 6) is -0.670. The molecular formula is C7H5F3OS. The highest BCUT2D eigenvalue weighted by Crippen LogP contribution is 2.20. The molecule has 0 aliphatic heterocycles. The van der Waals surface area contributed by atoms with Crippen molar-refractivity contribution in [3.8, 4) is 5.75 Å². The van der Waals surface area contributed by atoms with Crippen LogP contribution in [0.4, 0.5) is 13.2 Å². The second-order valence-electron chi connectivity index (χ2n) is 1.99. The van der Waals surface area contributed by atoms with Crippen LogP contribution in [0.1, 0.15) is 0 Å². The fourth-order valence-electron chi connectivity index (χ4n) is 0.669. The van der Waals surface area contributed by atoms with Gasteiger partial charge in [-0.15, -0.1) is 12.6 Å². The summed E-state index contributed by atoms with van der Waals surface area (Å²) in [5, 5.41) is 0. The van der Waals surface area contributed by atoms with Gasteiger partial charge >= 0.3 is 6.61 Å². The van der Waals surface area contributed by atoms with Crippen molar-refractivity contribution in [2.24, 2.45) is 0 Å². The van der Waals surface area contributed by atoms with E-state index in [1.807, 2.05) is 0 Å². The summed E-state index contributed by atoms with van der Waals surface area (Å²) < 4.78 is 39.7. The van der Waals surface area contributed by atoms with Crippen LogP contribution in [0.2, 0.25) is 0 Å². The van der Waals surface area contributed by atoms with Gasteiger partial charge in [0, 0.05) is 4.90 Å². The zero-order valence-corrected chi connectivity index (χ0v) is 6.69. The SMILES string of the molecule is Fc1ccc(OC(F)F)cc1S. The maximum atomic E-state index is 12.5. The molecule has 0 radical (unpaired) electrons. The number of thiol groups is 1. The van der Waals surface area contributed by atoms with Crippen molar-refractivity contribution in [3.63, 3.8) is 0 Å². The highest BCUT2D eigenvalue weighted by molar-refractivity contribution is 7.80. The van der Waals surface area contributed by atoms with Gasteiger partial charge in [0.15, 0.2) is 0 Å². The average molecular weight is 194 g/mol. The largest absolute Gasteiger partial charge is 0.435 e. The van der Waals surface area contributed by atoms with Gasteiger partial charge in [-0.1, -0.05) is 0 Å². The molecule has 0 aliphatic rings. The van der Waals surface area contributed by atoms with E-state index in [0.717, 1.165) is 18.2 Å². The zero-order chi connectivity index (χ0) is 9.14. The fourth-order valence-corrected chi connectivity index (χ4v) is 0.870. The van der Waals surface area contributed by atoms with Crippen LogP contribution >= 0.6 is 12.6 Å². The monoisotopic (exact) mass is 194 g/mol. The minimum Gasteiger partial charge on any atom is -0.435 e. The third kappa shape index (κ3) is 2.34. The minimum atomic E-state index is -2.90. The van der Waals surface area contributed by atoms with E-state index >= 15 is 0 Å². The molecule has 66 valence electrons. The molecule has 0 spiro atoms. The van der Waals surface area contributed by atoms with E-state index in [2.05, 4.69) is 17.4 Å². The third-order valence-corrected chi connectivity index (χ3v) is 1.49. The third-order valence-electron chi connectivity index (χ3n) is 1.14. The lowest BCUT2D eigenvalue weighted by atomic mass is 10.3. The molecule has 5 heteroatoms. The van der Waals surface area contributed by atoms with Gasteiger partial charge in [0.25, 0.3) is 0 Å². The molecule has 0 amide bonds. The first-order valence-electron chi connectivity index (χ1n) is 3.03. The van der Waals surface area contributed by atoms with Crippen LogP contribution in [-0.4, -0.2) is 6.61 Å². The molecule has 1 aromatic rings. The average Bonchev–Trinajstić information content (AvgIpc) is 1.96. The Bertz CT molecular complexity index is 277. The van der Waals surface area contributed by atoms with Crippen molar-refractivity contribution >= 4 is 12.6 Å². The standard InChI is InChI=1S/C7H5F3OS/c8-5-2-1-4(3-6(5)12)11-7(9)10/h1-3,7,12H. The lowest BCUT2D eigenvalue weighted by Crippen LogP contribution is -2.01. The maximum absolute atomic E-state index is 12.5. The normalized spacial score (nSPS) is 10.4. The first-order chi connectivity index (χ1) is 5.59. The summed E-state index contributed by atoms with van der Waals surface area (Å²) in [7, 11) is 0. The summed E-state index contributed by atoms with van der Waals surface area (Å²) in [6.07, 6.45) is 0. The quantitative estimate of drug-likeness (QED) is 0.712. The molecule has 0 bridgehead atoms. The molecule has 0 unspecified atom stereocenters. The van der Waals surface area contributed by atoms with Crippen LogP contribution in [-0.2, 0) is 0 Å². The van der Waals surface area contributed by atoms with E-state index in [1.165, 1.54) is 0 Å². The Morgan fingerprint density at radius 2 is 2.00 bits per heavy atom. The van der Waals surface area contributed by atoms with Crippen LogP contribution in [0.5, 0.6) is 5.75 Å². The number of halogens is 3. The van der Waals surface area contributed by atoms with E-state index in [9.17, 15) is 13.2 Å². The molecule has 0 fully saturated rings. The highest BCUT2D eigenvalue weighted by atomic mass is 32.1. The van der Waals surface area contributed by atoms with Gasteiger partial charge in [0.1, 0.15) is 11.6 Å². The molecule has 0 aromatic heterocycles. The van der Waals surface area contributed by atoms with Crippen LogP contribution < -0.4 is 4.74 Å². The first kappa shape index (κ1) is 9.25. The molecule has 1 rings (SSSR count). The summed E-state index contributed by atoms with van der Waals surface area (Å²) in [4.78, 5) is -0.0202. The van der Waals surface area contributed by atoms with Gasteiger partial charge in [-0.3, -0.25) is 0 Å². The first-order valence-corrected chi connectivity index (χ1v) is 3.47. The van der Waals surface area contributed by atoms with Gasteiger partial charge < -0.3 is 4.74 Å². The molecule has 0 atom stereocenters. The number of alkyl halides is 2. The number of rotatable bonds is 2. The second kappa shape index (κ2) is 3.71. The van der Waals surface area contributed by atoms with Gasteiger partial charge in [0.05, 0.1) is 0 Å². The van der Waals surface area contributed by atoms with Crippen molar-refractivity contribution in [2.75, 3.05) is 0 Å². The Balaban J connectivity index is 2.82. The molecule has 0 N–H and O–H groups in total. The van der Waals surface area contributed by atoms with Crippen molar-refractivity contribution in [3.05, 3.63) is 24.0 Å².